The van der Waals surface area contributed by atoms with Gasteiger partial charge in [-0.1, -0.05) is 133 Å². The first-order valence-corrected chi connectivity index (χ1v) is 18.5. The summed E-state index contributed by atoms with van der Waals surface area (Å²) >= 11 is 0. The topological polar surface area (TPSA) is 21.1 Å². The van der Waals surface area contributed by atoms with Gasteiger partial charge in [0.25, 0.3) is 0 Å². The van der Waals surface area contributed by atoms with Crippen LogP contribution in [0.5, 0.6) is 0 Å². The molecule has 3 heteroatoms. The van der Waals surface area contributed by atoms with Crippen LogP contribution in [-0.2, 0) is 0 Å². The summed E-state index contributed by atoms with van der Waals surface area (Å²) in [5.41, 5.74) is 16.4. The van der Waals surface area contributed by atoms with E-state index >= 15 is 0 Å². The van der Waals surface area contributed by atoms with Gasteiger partial charge >= 0.3 is 0 Å². The van der Waals surface area contributed by atoms with Gasteiger partial charge in [-0.05, 0) is 93.7 Å². The van der Waals surface area contributed by atoms with E-state index in [1.165, 1.54) is 66.3 Å². The fourth-order valence-corrected chi connectivity index (χ4v) is 8.51. The molecule has 0 unspecified atom stereocenters. The Morgan fingerprint density at radius 2 is 1.00 bits per heavy atom. The van der Waals surface area contributed by atoms with Crippen LogP contribution >= 0.6 is 0 Å². The van der Waals surface area contributed by atoms with Crippen LogP contribution in [0.4, 0.5) is 17.1 Å². The first kappa shape index (κ1) is 30.4. The van der Waals surface area contributed by atoms with Gasteiger partial charge in [-0.25, -0.2) is 0 Å². The molecule has 0 aliphatic carbocycles. The Bertz CT molecular complexity index is 3040. The Morgan fingerprint density at radius 1 is 0.389 bits per heavy atom. The van der Waals surface area contributed by atoms with E-state index in [9.17, 15) is 0 Å². The molecule has 0 amide bonds. The SMILES string of the molecule is c1ccc(-c2ccc(-n3c4c(c5ccccc53)-c3ccccc3N(c3ccc5cc(-c6ccnc7ccccc67)ccc5c3)c3ccccc3-4)cc2)cc1. The highest BCUT2D eigenvalue weighted by molar-refractivity contribution is 6.13. The summed E-state index contributed by atoms with van der Waals surface area (Å²) in [5, 5.41) is 4.79. The van der Waals surface area contributed by atoms with Crippen molar-refractivity contribution in [1.82, 2.24) is 9.55 Å². The van der Waals surface area contributed by atoms with Gasteiger partial charge in [-0.3, -0.25) is 4.98 Å². The third-order valence-corrected chi connectivity index (χ3v) is 11.0. The fraction of sp³-hybridized carbons (Fsp3) is 0. The van der Waals surface area contributed by atoms with Crippen molar-refractivity contribution in [2.75, 3.05) is 4.90 Å². The van der Waals surface area contributed by atoms with E-state index < -0.39 is 0 Å². The van der Waals surface area contributed by atoms with E-state index in [1.54, 1.807) is 0 Å². The molecule has 11 rings (SSSR count). The van der Waals surface area contributed by atoms with Gasteiger partial charge in [0.05, 0.1) is 28.1 Å². The van der Waals surface area contributed by atoms with Crippen LogP contribution in [0.3, 0.4) is 0 Å². The van der Waals surface area contributed by atoms with Crippen molar-refractivity contribution in [3.63, 3.8) is 0 Å². The molecule has 0 bridgehead atoms. The third-order valence-electron chi connectivity index (χ3n) is 11.0. The van der Waals surface area contributed by atoms with Gasteiger partial charge in [-0.2, -0.15) is 0 Å². The molecule has 8 aromatic carbocycles. The van der Waals surface area contributed by atoms with Gasteiger partial charge < -0.3 is 9.47 Å². The van der Waals surface area contributed by atoms with Gasteiger partial charge in [0, 0.05) is 45.0 Å². The molecule has 0 atom stereocenters. The van der Waals surface area contributed by atoms with Crippen molar-refractivity contribution >= 4 is 49.6 Å². The van der Waals surface area contributed by atoms with Gasteiger partial charge in [-0.15, -0.1) is 0 Å². The van der Waals surface area contributed by atoms with Crippen LogP contribution in [-0.4, -0.2) is 9.55 Å². The minimum Gasteiger partial charge on any atom is -0.309 e. The number of hydrogen-bond donors (Lipinski definition) is 0. The first-order chi connectivity index (χ1) is 26.8. The lowest BCUT2D eigenvalue weighted by Gasteiger charge is -2.28. The zero-order valence-electron chi connectivity index (χ0n) is 29.4. The molecule has 0 N–H and O–H groups in total. The van der Waals surface area contributed by atoms with Crippen molar-refractivity contribution in [3.05, 3.63) is 200 Å². The number of nitrogens with zero attached hydrogens (tertiary/aromatic N) is 3. The van der Waals surface area contributed by atoms with Crippen molar-refractivity contribution < 1.29 is 0 Å². The Balaban J connectivity index is 1.10. The van der Waals surface area contributed by atoms with Crippen LogP contribution in [0.15, 0.2) is 200 Å². The second-order valence-corrected chi connectivity index (χ2v) is 14.0. The third kappa shape index (κ3) is 4.72. The van der Waals surface area contributed by atoms with Crippen LogP contribution < -0.4 is 4.90 Å². The molecule has 0 radical (unpaired) electrons. The predicted molar refractivity (Wildman–Crippen MR) is 226 cm³/mol. The number of rotatable bonds is 4. The zero-order chi connectivity index (χ0) is 35.6. The molecule has 0 saturated carbocycles. The molecule has 252 valence electrons. The number of pyridine rings is 1. The molecule has 3 nitrogen and oxygen atoms in total. The summed E-state index contributed by atoms with van der Waals surface area (Å²) in [6.45, 7) is 0. The van der Waals surface area contributed by atoms with E-state index in [-0.39, 0.29) is 0 Å². The molecular weight excluding hydrogens is 655 g/mol. The number of fused-ring (bicyclic) bond motifs is 9. The maximum atomic E-state index is 4.60. The highest BCUT2D eigenvalue weighted by Crippen LogP contribution is 2.54. The van der Waals surface area contributed by atoms with Crippen molar-refractivity contribution in [2.24, 2.45) is 0 Å². The van der Waals surface area contributed by atoms with Crippen molar-refractivity contribution in [2.45, 2.75) is 0 Å². The number of anilines is 3. The fourth-order valence-electron chi connectivity index (χ4n) is 8.51. The second kappa shape index (κ2) is 12.2. The van der Waals surface area contributed by atoms with Crippen molar-refractivity contribution in [1.29, 1.82) is 0 Å². The molecule has 3 heterocycles. The standard InChI is InChI=1S/C51H33N3/c1-2-12-34(13-3-1)35-24-27-39(28-25-35)54-48-20-10-6-16-44(48)50-43-15-5-9-19-47(43)53(49-21-11-7-17-45(49)51(50)54)40-29-26-36-32-38(23-22-37(36)33-40)41-30-31-52-46-18-8-4-14-42(41)46/h1-33H. The minimum atomic E-state index is 1.01. The monoisotopic (exact) mass is 687 g/mol. The molecule has 0 saturated heterocycles. The lowest BCUT2D eigenvalue weighted by Crippen LogP contribution is -2.11. The normalized spacial score (nSPS) is 12.0. The lowest BCUT2D eigenvalue weighted by molar-refractivity contribution is 1.13. The first-order valence-electron chi connectivity index (χ1n) is 18.5. The summed E-state index contributed by atoms with van der Waals surface area (Å²) in [7, 11) is 0. The molecule has 1 aliphatic rings. The molecule has 10 aromatic rings. The summed E-state index contributed by atoms with van der Waals surface area (Å²) in [5.74, 6) is 0. The zero-order valence-corrected chi connectivity index (χ0v) is 29.4. The number of hydrogen-bond acceptors (Lipinski definition) is 2. The Hall–Kier alpha value is -7.23. The molecule has 2 aromatic heterocycles. The summed E-state index contributed by atoms with van der Waals surface area (Å²) < 4.78 is 2.46. The number of aromatic nitrogens is 2. The van der Waals surface area contributed by atoms with Gasteiger partial charge in [0.1, 0.15) is 0 Å². The Labute approximate surface area is 313 Å². The largest absolute Gasteiger partial charge is 0.309 e. The average molecular weight is 688 g/mol. The lowest BCUT2D eigenvalue weighted by atomic mass is 9.98. The smallest absolute Gasteiger partial charge is 0.0708 e. The average Bonchev–Trinajstić information content (AvgIpc) is 3.52. The van der Waals surface area contributed by atoms with Crippen LogP contribution in [0.2, 0.25) is 0 Å². The minimum absolute atomic E-state index is 1.01. The van der Waals surface area contributed by atoms with E-state index in [0.29, 0.717) is 0 Å². The molecule has 54 heavy (non-hydrogen) atoms. The van der Waals surface area contributed by atoms with E-state index in [1.807, 2.05) is 12.3 Å². The van der Waals surface area contributed by atoms with Crippen molar-refractivity contribution in [3.8, 4) is 50.3 Å². The Kier molecular flexibility index (Phi) is 6.86. The molecule has 0 spiro atoms. The van der Waals surface area contributed by atoms with E-state index in [0.717, 1.165) is 33.7 Å². The van der Waals surface area contributed by atoms with Crippen LogP contribution in [0.25, 0.3) is 82.9 Å². The predicted octanol–water partition coefficient (Wildman–Crippen LogP) is 13.8. The van der Waals surface area contributed by atoms with E-state index in [2.05, 4.69) is 203 Å². The molecular formula is C51H33N3. The Morgan fingerprint density at radius 3 is 1.85 bits per heavy atom. The summed E-state index contributed by atoms with van der Waals surface area (Å²) in [6.07, 6.45) is 1.91. The summed E-state index contributed by atoms with van der Waals surface area (Å²) in [4.78, 5) is 7.05. The maximum Gasteiger partial charge on any atom is 0.0708 e. The molecule has 0 fully saturated rings. The quantitative estimate of drug-likeness (QED) is 0.184. The summed E-state index contributed by atoms with van der Waals surface area (Å²) in [6, 6.07) is 70.4. The van der Waals surface area contributed by atoms with Gasteiger partial charge in [0.2, 0.25) is 0 Å². The highest BCUT2D eigenvalue weighted by Gasteiger charge is 2.31. The van der Waals surface area contributed by atoms with Gasteiger partial charge in [0.15, 0.2) is 0 Å². The van der Waals surface area contributed by atoms with E-state index in [4.69, 9.17) is 0 Å². The number of para-hydroxylation sites is 4. The molecule has 1 aliphatic heterocycles. The van der Waals surface area contributed by atoms with Crippen LogP contribution in [0, 0.1) is 0 Å². The highest BCUT2D eigenvalue weighted by atomic mass is 15.2. The number of benzene rings is 8. The van der Waals surface area contributed by atoms with Crippen LogP contribution in [0.1, 0.15) is 0 Å². The second-order valence-electron chi connectivity index (χ2n) is 14.0. The maximum absolute atomic E-state index is 4.60.